The van der Waals surface area contributed by atoms with Crippen LogP contribution in [0.1, 0.15) is 65.9 Å². The molecule has 3 heterocycles. The van der Waals surface area contributed by atoms with E-state index in [1.165, 1.54) is 0 Å². The van der Waals surface area contributed by atoms with Gasteiger partial charge in [-0.05, 0) is 56.0 Å². The van der Waals surface area contributed by atoms with Crippen molar-refractivity contribution in [3.05, 3.63) is 69.1 Å². The van der Waals surface area contributed by atoms with Crippen molar-refractivity contribution in [3.8, 4) is 11.5 Å². The van der Waals surface area contributed by atoms with E-state index in [-0.39, 0.29) is 23.2 Å². The molecule has 2 aliphatic rings. The molecule has 1 aromatic heterocycles. The molecule has 0 saturated carbocycles. The summed E-state index contributed by atoms with van der Waals surface area (Å²) in [5.74, 6) is 1.03. The van der Waals surface area contributed by atoms with E-state index >= 15 is 0 Å². The van der Waals surface area contributed by atoms with Crippen molar-refractivity contribution in [1.82, 2.24) is 4.90 Å². The zero-order chi connectivity index (χ0) is 24.5. The lowest BCUT2D eigenvalue weighted by molar-refractivity contribution is 0.0486. The summed E-state index contributed by atoms with van der Waals surface area (Å²) in [5, 5.41) is 0.479. The van der Waals surface area contributed by atoms with Gasteiger partial charge < -0.3 is 23.5 Å². The molecule has 7 heteroatoms. The third-order valence-electron chi connectivity index (χ3n) is 6.80. The molecule has 35 heavy (non-hydrogen) atoms. The van der Waals surface area contributed by atoms with Crippen LogP contribution in [0, 0.1) is 6.92 Å². The number of hydrogen-bond acceptors (Lipinski definition) is 6. The van der Waals surface area contributed by atoms with Crippen LogP contribution >= 0.6 is 0 Å². The standard InChI is InChI=1S/C28H31NO6/c1-4-5-12-34-22-11-9-18(15-23(22)32-3)25-24-26(30)20-14-17(2)8-10-21(20)35-27(24)28(31)29(25)16-19-7-6-13-33-19/h8-11,14-15,19,25H,4-7,12-13,16H2,1-3H3. The Morgan fingerprint density at radius 1 is 1.11 bits per heavy atom. The Bertz CT molecular complexity index is 1310. The highest BCUT2D eigenvalue weighted by Gasteiger charge is 2.44. The third-order valence-corrected chi connectivity index (χ3v) is 6.80. The molecule has 1 fully saturated rings. The predicted octanol–water partition coefficient (Wildman–Crippen LogP) is 5.01. The number of ether oxygens (including phenoxy) is 3. The number of hydrogen-bond donors (Lipinski definition) is 0. The van der Waals surface area contributed by atoms with Crippen molar-refractivity contribution >= 4 is 16.9 Å². The van der Waals surface area contributed by atoms with E-state index in [0.717, 1.165) is 36.8 Å². The second-order valence-electron chi connectivity index (χ2n) is 9.28. The maximum absolute atomic E-state index is 13.8. The predicted molar refractivity (Wildman–Crippen MR) is 132 cm³/mol. The van der Waals surface area contributed by atoms with E-state index in [2.05, 4.69) is 6.92 Å². The Hall–Kier alpha value is -3.32. The molecule has 0 N–H and O–H groups in total. The van der Waals surface area contributed by atoms with Crippen LogP contribution < -0.4 is 14.9 Å². The molecular weight excluding hydrogens is 446 g/mol. The number of nitrogens with zero attached hydrogens (tertiary/aromatic N) is 1. The summed E-state index contributed by atoms with van der Waals surface area (Å²) in [7, 11) is 1.59. The lowest BCUT2D eigenvalue weighted by Gasteiger charge is -2.28. The zero-order valence-electron chi connectivity index (χ0n) is 20.5. The molecule has 0 radical (unpaired) electrons. The summed E-state index contributed by atoms with van der Waals surface area (Å²) >= 11 is 0. The number of carbonyl (C=O) groups excluding carboxylic acids is 1. The van der Waals surface area contributed by atoms with Crippen LogP contribution in [-0.4, -0.2) is 43.8 Å². The van der Waals surface area contributed by atoms with E-state index < -0.39 is 6.04 Å². The Morgan fingerprint density at radius 3 is 2.71 bits per heavy atom. The van der Waals surface area contributed by atoms with Crippen LogP contribution in [-0.2, 0) is 4.74 Å². The number of rotatable bonds is 8. The molecule has 184 valence electrons. The smallest absolute Gasteiger partial charge is 0.291 e. The largest absolute Gasteiger partial charge is 0.493 e. The number of unbranched alkanes of at least 4 members (excludes halogenated alkanes) is 1. The molecule has 2 aromatic carbocycles. The lowest BCUT2D eigenvalue weighted by atomic mass is 9.97. The first-order valence-corrected chi connectivity index (χ1v) is 12.3. The molecule has 2 atom stereocenters. The van der Waals surface area contributed by atoms with Crippen molar-refractivity contribution in [3.63, 3.8) is 0 Å². The normalized spacial score (nSPS) is 19.4. The third kappa shape index (κ3) is 4.29. The summed E-state index contributed by atoms with van der Waals surface area (Å²) in [6.07, 6.45) is 3.74. The Morgan fingerprint density at radius 2 is 1.97 bits per heavy atom. The van der Waals surface area contributed by atoms with Gasteiger partial charge in [-0.2, -0.15) is 0 Å². The average molecular weight is 478 g/mol. The number of fused-ring (bicyclic) bond motifs is 2. The number of carbonyl (C=O) groups is 1. The fraction of sp³-hybridized carbons (Fsp3) is 0.429. The fourth-order valence-electron chi connectivity index (χ4n) is 4.98. The monoisotopic (exact) mass is 477 g/mol. The van der Waals surface area contributed by atoms with Crippen molar-refractivity contribution in [2.45, 2.75) is 51.7 Å². The van der Waals surface area contributed by atoms with Gasteiger partial charge in [0.05, 0.1) is 36.8 Å². The number of amides is 1. The van der Waals surface area contributed by atoms with E-state index in [9.17, 15) is 9.59 Å². The highest BCUT2D eigenvalue weighted by molar-refractivity contribution is 5.99. The zero-order valence-corrected chi connectivity index (χ0v) is 20.5. The van der Waals surface area contributed by atoms with Gasteiger partial charge in [0.15, 0.2) is 16.9 Å². The number of aryl methyl sites for hydroxylation is 1. The lowest BCUT2D eigenvalue weighted by Crippen LogP contribution is -2.36. The van der Waals surface area contributed by atoms with Gasteiger partial charge in [0.2, 0.25) is 5.76 Å². The van der Waals surface area contributed by atoms with Crippen molar-refractivity contribution in [1.29, 1.82) is 0 Å². The SMILES string of the molecule is CCCCOc1ccc(C2c3c(oc4ccc(C)cc4c3=O)C(=O)N2CC2CCCO2)cc1OC. The van der Waals surface area contributed by atoms with Gasteiger partial charge in [0.1, 0.15) is 5.58 Å². The van der Waals surface area contributed by atoms with Gasteiger partial charge in [-0.25, -0.2) is 0 Å². The summed E-state index contributed by atoms with van der Waals surface area (Å²) in [4.78, 5) is 29.1. The van der Waals surface area contributed by atoms with Crippen LogP contribution in [0.5, 0.6) is 11.5 Å². The minimum atomic E-state index is -0.596. The van der Waals surface area contributed by atoms with E-state index in [0.29, 0.717) is 47.8 Å². The number of benzene rings is 2. The van der Waals surface area contributed by atoms with Crippen LogP contribution in [0.2, 0.25) is 0 Å². The van der Waals surface area contributed by atoms with Gasteiger partial charge in [-0.1, -0.05) is 31.0 Å². The van der Waals surface area contributed by atoms with Crippen LogP contribution in [0.15, 0.2) is 45.6 Å². The van der Waals surface area contributed by atoms with E-state index in [4.69, 9.17) is 18.6 Å². The van der Waals surface area contributed by atoms with E-state index in [1.54, 1.807) is 18.1 Å². The van der Waals surface area contributed by atoms with Crippen molar-refractivity contribution in [2.24, 2.45) is 0 Å². The molecule has 1 amide bonds. The van der Waals surface area contributed by atoms with Gasteiger partial charge >= 0.3 is 0 Å². The van der Waals surface area contributed by atoms with Gasteiger partial charge in [0.25, 0.3) is 5.91 Å². The maximum atomic E-state index is 13.8. The molecule has 2 unspecified atom stereocenters. The average Bonchev–Trinajstić information content (AvgIpc) is 3.47. The second-order valence-corrected chi connectivity index (χ2v) is 9.28. The molecule has 1 saturated heterocycles. The second kappa shape index (κ2) is 9.74. The van der Waals surface area contributed by atoms with Gasteiger partial charge in [-0.15, -0.1) is 0 Å². The minimum absolute atomic E-state index is 0.0685. The summed E-state index contributed by atoms with van der Waals surface area (Å²) < 4.78 is 23.4. The Kier molecular flexibility index (Phi) is 6.52. The summed E-state index contributed by atoms with van der Waals surface area (Å²) in [5.41, 5.74) is 2.34. The Balaban J connectivity index is 1.63. The van der Waals surface area contributed by atoms with Gasteiger partial charge in [-0.3, -0.25) is 9.59 Å². The molecule has 0 spiro atoms. The Labute approximate surface area is 204 Å². The molecule has 0 aliphatic carbocycles. The van der Waals surface area contributed by atoms with E-state index in [1.807, 2.05) is 37.3 Å². The molecular formula is C28H31NO6. The molecule has 2 aliphatic heterocycles. The highest BCUT2D eigenvalue weighted by atomic mass is 16.5. The summed E-state index contributed by atoms with van der Waals surface area (Å²) in [6.45, 7) is 5.71. The van der Waals surface area contributed by atoms with Crippen LogP contribution in [0.3, 0.4) is 0 Å². The summed E-state index contributed by atoms with van der Waals surface area (Å²) in [6, 6.07) is 10.5. The quantitative estimate of drug-likeness (QED) is 0.424. The van der Waals surface area contributed by atoms with Crippen molar-refractivity contribution in [2.75, 3.05) is 26.9 Å². The fourth-order valence-corrected chi connectivity index (χ4v) is 4.98. The molecule has 7 nitrogen and oxygen atoms in total. The topological polar surface area (TPSA) is 78.2 Å². The van der Waals surface area contributed by atoms with Crippen molar-refractivity contribution < 1.29 is 23.4 Å². The molecule has 3 aromatic rings. The van der Waals surface area contributed by atoms with Crippen LogP contribution in [0.25, 0.3) is 11.0 Å². The first-order valence-electron chi connectivity index (χ1n) is 12.3. The minimum Gasteiger partial charge on any atom is -0.493 e. The highest BCUT2D eigenvalue weighted by Crippen LogP contribution is 2.41. The van der Waals surface area contributed by atoms with Gasteiger partial charge in [0, 0.05) is 13.2 Å². The van der Waals surface area contributed by atoms with Crippen LogP contribution in [0.4, 0.5) is 0 Å². The maximum Gasteiger partial charge on any atom is 0.291 e. The molecule has 5 rings (SSSR count). The first kappa shape index (κ1) is 23.4. The first-order chi connectivity index (χ1) is 17.0. The number of methoxy groups -OCH3 is 1. The molecule has 0 bridgehead atoms.